The van der Waals surface area contributed by atoms with Crippen molar-refractivity contribution in [2.45, 2.75) is 32.3 Å². The van der Waals surface area contributed by atoms with E-state index in [9.17, 15) is 5.11 Å². The molecule has 1 saturated carbocycles. The van der Waals surface area contributed by atoms with Crippen LogP contribution in [0.5, 0.6) is 0 Å². The van der Waals surface area contributed by atoms with Gasteiger partial charge in [-0.05, 0) is 37.3 Å². The van der Waals surface area contributed by atoms with Crippen LogP contribution in [0.3, 0.4) is 0 Å². The lowest BCUT2D eigenvalue weighted by Gasteiger charge is -2.31. The van der Waals surface area contributed by atoms with E-state index in [1.54, 1.807) is 0 Å². The fraction of sp³-hybridized carbons (Fsp3) is 0.500. The first kappa shape index (κ1) is 14.1. The number of nitrogens with one attached hydrogen (secondary N) is 2. The number of hydrogen-bond donors (Lipinski definition) is 3. The molecule has 3 N–H and O–H groups in total. The minimum Gasteiger partial charge on any atom is -0.393 e. The number of para-hydroxylation sites is 1. The van der Waals surface area contributed by atoms with Gasteiger partial charge in [-0.1, -0.05) is 19.1 Å². The number of hydrogen-bond acceptors (Lipinski definition) is 5. The average Bonchev–Trinajstić information content (AvgIpc) is 2.48. The van der Waals surface area contributed by atoms with Gasteiger partial charge in [-0.25, -0.2) is 4.98 Å². The van der Waals surface area contributed by atoms with E-state index in [4.69, 9.17) is 0 Å². The molecule has 1 aromatic carbocycles. The van der Waals surface area contributed by atoms with E-state index in [-0.39, 0.29) is 6.10 Å². The number of anilines is 2. The highest BCUT2D eigenvalue weighted by atomic mass is 16.3. The topological polar surface area (TPSA) is 70.1 Å². The molecule has 21 heavy (non-hydrogen) atoms. The quantitative estimate of drug-likeness (QED) is 0.761. The van der Waals surface area contributed by atoms with Crippen molar-refractivity contribution in [1.29, 1.82) is 0 Å². The molecule has 0 spiro atoms. The first-order valence-electron chi connectivity index (χ1n) is 7.69. The van der Waals surface area contributed by atoms with Gasteiger partial charge in [-0.2, -0.15) is 4.98 Å². The number of aromatic nitrogens is 2. The normalized spacial score (nSPS) is 21.0. The lowest BCUT2D eigenvalue weighted by molar-refractivity contribution is 0.0486. The molecule has 0 saturated heterocycles. The van der Waals surface area contributed by atoms with Gasteiger partial charge in [-0.15, -0.1) is 0 Å². The maximum absolute atomic E-state index is 9.37. The van der Waals surface area contributed by atoms with Gasteiger partial charge < -0.3 is 15.7 Å². The van der Waals surface area contributed by atoms with Crippen LogP contribution in [0.1, 0.15) is 26.2 Å². The summed E-state index contributed by atoms with van der Waals surface area (Å²) in [5.74, 6) is 2.09. The number of rotatable bonds is 6. The molecule has 5 heteroatoms. The van der Waals surface area contributed by atoms with Crippen molar-refractivity contribution < 1.29 is 5.11 Å². The van der Waals surface area contributed by atoms with E-state index in [0.717, 1.165) is 49.1 Å². The van der Waals surface area contributed by atoms with E-state index in [0.29, 0.717) is 11.9 Å². The molecule has 3 rings (SSSR count). The molecule has 0 radical (unpaired) electrons. The SMILES string of the molecule is CCCNc1nc(NCC2CC(O)C2)c2ccccc2n1. The van der Waals surface area contributed by atoms with Crippen LogP contribution in [-0.2, 0) is 0 Å². The van der Waals surface area contributed by atoms with Crippen LogP contribution in [0.2, 0.25) is 0 Å². The number of aliphatic hydroxyl groups excluding tert-OH is 1. The van der Waals surface area contributed by atoms with Crippen LogP contribution < -0.4 is 10.6 Å². The monoisotopic (exact) mass is 286 g/mol. The van der Waals surface area contributed by atoms with Gasteiger partial charge in [0, 0.05) is 18.5 Å². The Bertz CT molecular complexity index is 610. The summed E-state index contributed by atoms with van der Waals surface area (Å²) in [6, 6.07) is 8.04. The molecule has 0 unspecified atom stereocenters. The summed E-state index contributed by atoms with van der Waals surface area (Å²) in [5.41, 5.74) is 0.947. The molecule has 0 amide bonds. The molecule has 2 aromatic rings. The molecule has 0 aliphatic heterocycles. The molecule has 0 bridgehead atoms. The molecule has 0 atom stereocenters. The summed E-state index contributed by atoms with van der Waals surface area (Å²) in [5, 5.41) is 17.1. The van der Waals surface area contributed by atoms with Crippen molar-refractivity contribution in [1.82, 2.24) is 9.97 Å². The predicted molar refractivity (Wildman–Crippen MR) is 85.5 cm³/mol. The van der Waals surface area contributed by atoms with Crippen molar-refractivity contribution in [3.63, 3.8) is 0 Å². The van der Waals surface area contributed by atoms with Crippen LogP contribution in [-0.4, -0.2) is 34.3 Å². The lowest BCUT2D eigenvalue weighted by Crippen LogP contribution is -2.33. The fourth-order valence-corrected chi connectivity index (χ4v) is 2.64. The third-order valence-electron chi connectivity index (χ3n) is 3.91. The first-order chi connectivity index (χ1) is 10.3. The number of fused-ring (bicyclic) bond motifs is 1. The van der Waals surface area contributed by atoms with Gasteiger partial charge in [0.1, 0.15) is 5.82 Å². The highest BCUT2D eigenvalue weighted by molar-refractivity contribution is 5.90. The predicted octanol–water partition coefficient (Wildman–Crippen LogP) is 2.63. The number of aliphatic hydroxyl groups is 1. The zero-order chi connectivity index (χ0) is 14.7. The largest absolute Gasteiger partial charge is 0.393 e. The van der Waals surface area contributed by atoms with Gasteiger partial charge in [0.15, 0.2) is 0 Å². The van der Waals surface area contributed by atoms with Crippen LogP contribution >= 0.6 is 0 Å². The zero-order valence-corrected chi connectivity index (χ0v) is 12.3. The van der Waals surface area contributed by atoms with E-state index in [1.165, 1.54) is 0 Å². The fourth-order valence-electron chi connectivity index (χ4n) is 2.64. The van der Waals surface area contributed by atoms with E-state index >= 15 is 0 Å². The van der Waals surface area contributed by atoms with Gasteiger partial charge in [0.2, 0.25) is 5.95 Å². The van der Waals surface area contributed by atoms with Crippen LogP contribution in [0.4, 0.5) is 11.8 Å². The summed E-state index contributed by atoms with van der Waals surface area (Å²) >= 11 is 0. The molecule has 1 aromatic heterocycles. The highest BCUT2D eigenvalue weighted by Gasteiger charge is 2.26. The lowest BCUT2D eigenvalue weighted by atomic mass is 9.82. The van der Waals surface area contributed by atoms with Crippen LogP contribution in [0, 0.1) is 5.92 Å². The third kappa shape index (κ3) is 3.24. The Kier molecular flexibility index (Phi) is 4.20. The second kappa shape index (κ2) is 6.26. The molecule has 1 aliphatic carbocycles. The van der Waals surface area contributed by atoms with Crippen molar-refractivity contribution in [2.24, 2.45) is 5.92 Å². The molecule has 1 heterocycles. The Balaban J connectivity index is 1.80. The van der Waals surface area contributed by atoms with Crippen molar-refractivity contribution in [3.05, 3.63) is 24.3 Å². The van der Waals surface area contributed by atoms with Gasteiger partial charge in [0.25, 0.3) is 0 Å². The third-order valence-corrected chi connectivity index (χ3v) is 3.91. The molecule has 112 valence electrons. The summed E-state index contributed by atoms with van der Waals surface area (Å²) in [6.07, 6.45) is 2.70. The van der Waals surface area contributed by atoms with Crippen LogP contribution in [0.15, 0.2) is 24.3 Å². The Hall–Kier alpha value is -1.88. The second-order valence-corrected chi connectivity index (χ2v) is 5.71. The van der Waals surface area contributed by atoms with E-state index in [2.05, 4.69) is 27.5 Å². The Morgan fingerprint density at radius 3 is 2.76 bits per heavy atom. The minimum atomic E-state index is -0.110. The van der Waals surface area contributed by atoms with Crippen molar-refractivity contribution in [3.8, 4) is 0 Å². The molecular formula is C16H22N4O. The first-order valence-corrected chi connectivity index (χ1v) is 7.69. The zero-order valence-electron chi connectivity index (χ0n) is 12.3. The maximum Gasteiger partial charge on any atom is 0.225 e. The molecule has 5 nitrogen and oxygen atoms in total. The Morgan fingerprint density at radius 2 is 2.00 bits per heavy atom. The highest BCUT2D eigenvalue weighted by Crippen LogP contribution is 2.28. The Morgan fingerprint density at radius 1 is 1.19 bits per heavy atom. The standard InChI is InChI=1S/C16H22N4O/c1-2-7-17-16-19-14-6-4-3-5-13(14)15(20-16)18-10-11-8-12(21)9-11/h3-6,11-12,21H,2,7-10H2,1H3,(H2,17,18,19,20). The van der Waals surface area contributed by atoms with Gasteiger partial charge in [0.05, 0.1) is 11.6 Å². The second-order valence-electron chi connectivity index (χ2n) is 5.71. The Labute approximate surface area is 124 Å². The minimum absolute atomic E-state index is 0.110. The molecule has 1 aliphatic rings. The smallest absolute Gasteiger partial charge is 0.225 e. The number of benzene rings is 1. The summed E-state index contributed by atoms with van der Waals surface area (Å²) < 4.78 is 0. The van der Waals surface area contributed by atoms with E-state index in [1.807, 2.05) is 24.3 Å². The summed E-state index contributed by atoms with van der Waals surface area (Å²) in [4.78, 5) is 9.14. The van der Waals surface area contributed by atoms with Gasteiger partial charge >= 0.3 is 0 Å². The maximum atomic E-state index is 9.37. The van der Waals surface area contributed by atoms with E-state index < -0.39 is 0 Å². The van der Waals surface area contributed by atoms with Crippen molar-refractivity contribution in [2.75, 3.05) is 23.7 Å². The van der Waals surface area contributed by atoms with Gasteiger partial charge in [-0.3, -0.25) is 0 Å². The molecule has 1 fully saturated rings. The van der Waals surface area contributed by atoms with Crippen molar-refractivity contribution >= 4 is 22.7 Å². The average molecular weight is 286 g/mol. The number of nitrogens with zero attached hydrogens (tertiary/aromatic N) is 2. The summed E-state index contributed by atoms with van der Waals surface area (Å²) in [6.45, 7) is 3.84. The molecular weight excluding hydrogens is 264 g/mol. The summed E-state index contributed by atoms with van der Waals surface area (Å²) in [7, 11) is 0. The van der Waals surface area contributed by atoms with Crippen LogP contribution in [0.25, 0.3) is 10.9 Å².